The predicted octanol–water partition coefficient (Wildman–Crippen LogP) is 1.68. The number of carbonyl (C=O) groups excluding carboxylic acids is 3. The number of rotatable bonds is 5. The van der Waals surface area contributed by atoms with Crippen LogP contribution in [0, 0.1) is 5.82 Å². The lowest BCUT2D eigenvalue weighted by Gasteiger charge is -2.14. The summed E-state index contributed by atoms with van der Waals surface area (Å²) >= 11 is 0.721. The number of benzene rings is 1. The lowest BCUT2D eigenvalue weighted by atomic mass is 10.2. The minimum atomic E-state index is -3.28. The first-order valence-electron chi connectivity index (χ1n) is 7.95. The lowest BCUT2D eigenvalue weighted by molar-refractivity contribution is -0.124. The molecular formula is C17H15FN2O5S2. The molecule has 0 bridgehead atoms. The maximum absolute atomic E-state index is 13.2. The van der Waals surface area contributed by atoms with E-state index in [1.54, 1.807) is 6.07 Å². The van der Waals surface area contributed by atoms with E-state index in [4.69, 9.17) is 0 Å². The van der Waals surface area contributed by atoms with Crippen LogP contribution in [0.1, 0.15) is 12.0 Å². The number of carbonyl (C=O) groups is 3. The van der Waals surface area contributed by atoms with Gasteiger partial charge in [-0.1, -0.05) is 12.1 Å². The maximum atomic E-state index is 13.2. The average molecular weight is 410 g/mol. The molecule has 1 atom stereocenters. The molecule has 0 spiro atoms. The average Bonchev–Trinajstić information content (AvgIpc) is 3.05. The van der Waals surface area contributed by atoms with Gasteiger partial charge in [0.05, 0.1) is 16.7 Å². The van der Waals surface area contributed by atoms with E-state index in [1.165, 1.54) is 30.4 Å². The molecule has 1 fully saturated rings. The highest BCUT2D eigenvalue weighted by Gasteiger charge is 2.35. The molecule has 3 amide bonds. The van der Waals surface area contributed by atoms with Crippen molar-refractivity contribution in [2.75, 3.05) is 12.3 Å². The second kappa shape index (κ2) is 7.65. The van der Waals surface area contributed by atoms with Crippen molar-refractivity contribution in [3.8, 4) is 0 Å². The molecule has 27 heavy (non-hydrogen) atoms. The summed E-state index contributed by atoms with van der Waals surface area (Å²) < 4.78 is 35.9. The molecule has 3 rings (SSSR count). The Morgan fingerprint density at radius 3 is 2.81 bits per heavy atom. The summed E-state index contributed by atoms with van der Waals surface area (Å²) in [6.07, 6.45) is 2.66. The molecule has 7 nitrogen and oxygen atoms in total. The van der Waals surface area contributed by atoms with Gasteiger partial charge in [-0.25, -0.2) is 12.8 Å². The van der Waals surface area contributed by atoms with Crippen LogP contribution in [0.25, 0.3) is 6.08 Å². The van der Waals surface area contributed by atoms with Gasteiger partial charge < -0.3 is 5.32 Å². The number of nitrogens with zero attached hydrogens (tertiary/aromatic N) is 1. The summed E-state index contributed by atoms with van der Waals surface area (Å²) in [6, 6.07) is 5.00. The molecule has 142 valence electrons. The van der Waals surface area contributed by atoms with E-state index < -0.39 is 38.7 Å². The van der Waals surface area contributed by atoms with E-state index in [0.29, 0.717) is 5.56 Å². The molecule has 2 heterocycles. The van der Waals surface area contributed by atoms with E-state index in [9.17, 15) is 27.2 Å². The smallest absolute Gasteiger partial charge is 0.293 e. The Balaban J connectivity index is 1.58. The quantitative estimate of drug-likeness (QED) is 0.742. The Labute approximate surface area is 159 Å². The first-order valence-corrected chi connectivity index (χ1v) is 10.5. The Morgan fingerprint density at radius 2 is 2.15 bits per heavy atom. The second-order valence-corrected chi connectivity index (χ2v) is 8.89. The number of halogens is 1. The number of hydrogen-bond acceptors (Lipinski definition) is 6. The minimum absolute atomic E-state index is 0.125. The van der Waals surface area contributed by atoms with Crippen molar-refractivity contribution in [1.82, 2.24) is 10.2 Å². The summed E-state index contributed by atoms with van der Waals surface area (Å²) in [5.41, 5.74) is 0.451. The van der Waals surface area contributed by atoms with Crippen LogP contribution in [-0.2, 0) is 19.4 Å². The number of sulfone groups is 1. The summed E-state index contributed by atoms with van der Waals surface area (Å²) in [7, 11) is -3.28. The Morgan fingerprint density at radius 1 is 1.37 bits per heavy atom. The van der Waals surface area contributed by atoms with Gasteiger partial charge in [0.2, 0.25) is 5.91 Å². The van der Waals surface area contributed by atoms with Gasteiger partial charge in [0, 0.05) is 18.4 Å². The lowest BCUT2D eigenvalue weighted by Crippen LogP contribution is -2.38. The van der Waals surface area contributed by atoms with Gasteiger partial charge in [-0.05, 0) is 41.6 Å². The van der Waals surface area contributed by atoms with Gasteiger partial charge in [0.15, 0.2) is 9.84 Å². The van der Waals surface area contributed by atoms with Crippen molar-refractivity contribution in [2.45, 2.75) is 12.5 Å². The molecule has 1 aromatic rings. The van der Waals surface area contributed by atoms with Crippen LogP contribution in [0.5, 0.6) is 0 Å². The third kappa shape index (κ3) is 4.83. The molecule has 1 unspecified atom stereocenters. The molecule has 1 saturated heterocycles. The first-order chi connectivity index (χ1) is 12.7. The van der Waals surface area contributed by atoms with Crippen LogP contribution >= 0.6 is 11.8 Å². The van der Waals surface area contributed by atoms with Gasteiger partial charge >= 0.3 is 0 Å². The standard InChI is InChI=1S/C17H15FN2O5S2/c18-12-3-1-2-11(8-12)9-14-16(22)20(17(23)26-14)6-4-15(21)19-13-5-7-27(24,25)10-13/h1-3,5,7-9,13H,4,6,10H2,(H,19,21)/b14-9+. The number of amides is 3. The van der Waals surface area contributed by atoms with Crippen LogP contribution < -0.4 is 5.32 Å². The van der Waals surface area contributed by atoms with Crippen molar-refractivity contribution < 1.29 is 27.2 Å². The molecule has 0 aliphatic carbocycles. The normalized spacial score (nSPS) is 22.6. The van der Waals surface area contributed by atoms with Crippen LogP contribution in [0.4, 0.5) is 9.18 Å². The van der Waals surface area contributed by atoms with Crippen molar-refractivity contribution in [2.24, 2.45) is 0 Å². The van der Waals surface area contributed by atoms with Crippen LogP contribution in [0.2, 0.25) is 0 Å². The van der Waals surface area contributed by atoms with E-state index >= 15 is 0 Å². The van der Waals surface area contributed by atoms with Gasteiger partial charge in [-0.3, -0.25) is 19.3 Å². The third-order valence-electron chi connectivity index (χ3n) is 3.86. The Hall–Kier alpha value is -2.46. The Kier molecular flexibility index (Phi) is 5.47. The molecule has 10 heteroatoms. The molecule has 0 radical (unpaired) electrons. The van der Waals surface area contributed by atoms with Crippen LogP contribution in [0.3, 0.4) is 0 Å². The van der Waals surface area contributed by atoms with Crippen molar-refractivity contribution >= 4 is 44.7 Å². The van der Waals surface area contributed by atoms with Crippen LogP contribution in [-0.4, -0.2) is 48.7 Å². The fourth-order valence-corrected chi connectivity index (χ4v) is 4.70. The zero-order chi connectivity index (χ0) is 19.6. The second-order valence-electron chi connectivity index (χ2n) is 5.97. The van der Waals surface area contributed by atoms with Crippen molar-refractivity contribution in [1.29, 1.82) is 0 Å². The third-order valence-corrected chi connectivity index (χ3v) is 6.16. The highest BCUT2D eigenvalue weighted by Crippen LogP contribution is 2.32. The highest BCUT2D eigenvalue weighted by molar-refractivity contribution is 8.18. The first kappa shape index (κ1) is 19.3. The van der Waals surface area contributed by atoms with E-state index in [1.807, 2.05) is 0 Å². The zero-order valence-corrected chi connectivity index (χ0v) is 15.6. The zero-order valence-electron chi connectivity index (χ0n) is 13.9. The number of hydrogen-bond donors (Lipinski definition) is 1. The molecule has 1 aromatic carbocycles. The van der Waals surface area contributed by atoms with Gasteiger partial charge in [0.25, 0.3) is 11.1 Å². The highest BCUT2D eigenvalue weighted by atomic mass is 32.2. The van der Waals surface area contributed by atoms with Gasteiger partial charge in [-0.15, -0.1) is 0 Å². The summed E-state index contributed by atoms with van der Waals surface area (Å²) in [5, 5.41) is 3.06. The molecule has 0 aromatic heterocycles. The predicted molar refractivity (Wildman–Crippen MR) is 98.6 cm³/mol. The van der Waals surface area contributed by atoms with E-state index in [0.717, 1.165) is 22.1 Å². The van der Waals surface area contributed by atoms with E-state index in [-0.39, 0.29) is 23.6 Å². The molecule has 0 saturated carbocycles. The molecule has 2 aliphatic rings. The molecular weight excluding hydrogens is 395 g/mol. The van der Waals surface area contributed by atoms with E-state index in [2.05, 4.69) is 5.32 Å². The molecule has 2 aliphatic heterocycles. The van der Waals surface area contributed by atoms with Crippen molar-refractivity contribution in [3.63, 3.8) is 0 Å². The largest absolute Gasteiger partial charge is 0.349 e. The topological polar surface area (TPSA) is 101 Å². The van der Waals surface area contributed by atoms with Crippen LogP contribution in [0.15, 0.2) is 40.7 Å². The number of nitrogens with one attached hydrogen (secondary N) is 1. The van der Waals surface area contributed by atoms with Crippen molar-refractivity contribution in [3.05, 3.63) is 52.0 Å². The number of thioether (sulfide) groups is 1. The van der Waals surface area contributed by atoms with Gasteiger partial charge in [0.1, 0.15) is 5.82 Å². The SMILES string of the molecule is O=C(CCN1C(=O)S/C(=C/c2cccc(F)c2)C1=O)NC1C=CS(=O)(=O)C1. The fraction of sp³-hybridized carbons (Fsp3) is 0.235. The summed E-state index contributed by atoms with van der Waals surface area (Å²) in [5.74, 6) is -1.67. The number of imide groups is 1. The summed E-state index contributed by atoms with van der Waals surface area (Å²) in [4.78, 5) is 37.4. The minimum Gasteiger partial charge on any atom is -0.349 e. The maximum Gasteiger partial charge on any atom is 0.293 e. The monoisotopic (exact) mass is 410 g/mol. The molecule has 1 N–H and O–H groups in total. The fourth-order valence-electron chi connectivity index (χ4n) is 2.60. The summed E-state index contributed by atoms with van der Waals surface area (Å²) in [6.45, 7) is -0.125. The van der Waals surface area contributed by atoms with Gasteiger partial charge in [-0.2, -0.15) is 0 Å². The Bertz CT molecular complexity index is 971.